The molecule has 1 aromatic heterocycles. The number of hydrogen-bond acceptors (Lipinski definition) is 6. The molecule has 0 amide bonds. The number of hydrogen-bond donors (Lipinski definition) is 2. The number of aliphatic carboxylic acids is 1. The summed E-state index contributed by atoms with van der Waals surface area (Å²) in [5, 5.41) is 14.1. The zero-order valence-electron chi connectivity index (χ0n) is 11.2. The summed E-state index contributed by atoms with van der Waals surface area (Å²) >= 11 is 1.37. The van der Waals surface area contributed by atoms with Gasteiger partial charge in [-0.2, -0.15) is 0 Å². The van der Waals surface area contributed by atoms with Crippen LogP contribution in [0.5, 0.6) is 0 Å². The molecule has 0 spiro atoms. The molecule has 2 rings (SSSR count). The van der Waals surface area contributed by atoms with Crippen LogP contribution in [0.25, 0.3) is 0 Å². The van der Waals surface area contributed by atoms with E-state index in [1.165, 1.54) is 23.5 Å². The fourth-order valence-corrected chi connectivity index (χ4v) is 3.02. The summed E-state index contributed by atoms with van der Waals surface area (Å²) in [5.74, 6) is -0.853. The van der Waals surface area contributed by atoms with Crippen molar-refractivity contribution in [1.29, 1.82) is 0 Å². The van der Waals surface area contributed by atoms with Crippen molar-refractivity contribution < 1.29 is 18.3 Å². The molecule has 0 atom stereocenters. The molecule has 0 aliphatic rings. The van der Waals surface area contributed by atoms with Gasteiger partial charge in [0, 0.05) is 23.7 Å². The van der Waals surface area contributed by atoms with E-state index >= 15 is 0 Å². The van der Waals surface area contributed by atoms with Gasteiger partial charge in [-0.3, -0.25) is 4.79 Å². The second kappa shape index (κ2) is 6.23. The number of carboxylic acids is 1. The van der Waals surface area contributed by atoms with Gasteiger partial charge in [-0.15, -0.1) is 11.3 Å². The molecular formula is C13H14N2O4S2. The van der Waals surface area contributed by atoms with E-state index in [1.54, 1.807) is 17.5 Å². The van der Waals surface area contributed by atoms with Gasteiger partial charge in [-0.25, -0.2) is 13.4 Å². The number of carbonyl (C=O) groups is 1. The van der Waals surface area contributed by atoms with E-state index in [0.717, 1.165) is 17.6 Å². The molecule has 0 radical (unpaired) electrons. The van der Waals surface area contributed by atoms with Crippen molar-refractivity contribution in [3.63, 3.8) is 0 Å². The van der Waals surface area contributed by atoms with E-state index in [4.69, 9.17) is 5.11 Å². The molecule has 0 aliphatic carbocycles. The molecule has 21 heavy (non-hydrogen) atoms. The predicted octanol–water partition coefficient (Wildman–Crippen LogP) is 2.31. The van der Waals surface area contributed by atoms with Crippen LogP contribution in [-0.4, -0.2) is 30.7 Å². The Kier molecular flexibility index (Phi) is 4.59. The van der Waals surface area contributed by atoms with Crippen LogP contribution in [0.1, 0.15) is 12.1 Å². The maximum absolute atomic E-state index is 11.4. The van der Waals surface area contributed by atoms with E-state index in [-0.39, 0.29) is 11.3 Å². The maximum Gasteiger partial charge on any atom is 0.303 e. The highest BCUT2D eigenvalue weighted by Gasteiger charge is 2.08. The highest BCUT2D eigenvalue weighted by molar-refractivity contribution is 7.90. The number of sulfone groups is 1. The van der Waals surface area contributed by atoms with Crippen molar-refractivity contribution in [3.05, 3.63) is 35.3 Å². The van der Waals surface area contributed by atoms with Crippen molar-refractivity contribution >= 4 is 38.0 Å². The van der Waals surface area contributed by atoms with E-state index in [1.807, 2.05) is 0 Å². The zero-order valence-corrected chi connectivity index (χ0v) is 12.9. The molecule has 112 valence electrons. The molecule has 8 heteroatoms. The predicted molar refractivity (Wildman–Crippen MR) is 80.9 cm³/mol. The molecule has 0 aliphatic heterocycles. The summed E-state index contributed by atoms with van der Waals surface area (Å²) in [6.07, 6.45) is 1.59. The Morgan fingerprint density at radius 2 is 2.00 bits per heavy atom. The average Bonchev–Trinajstić information content (AvgIpc) is 2.83. The summed E-state index contributed by atoms with van der Waals surface area (Å²) in [4.78, 5) is 15.0. The number of aryl methyl sites for hydroxylation is 1. The lowest BCUT2D eigenvalue weighted by Crippen LogP contribution is -1.98. The number of rotatable bonds is 6. The van der Waals surface area contributed by atoms with Crippen LogP contribution < -0.4 is 5.32 Å². The number of nitrogens with zero attached hydrogens (tertiary/aromatic N) is 1. The van der Waals surface area contributed by atoms with Crippen LogP contribution in [0.15, 0.2) is 34.5 Å². The third-order valence-corrected chi connectivity index (χ3v) is 4.62. The third kappa shape index (κ3) is 4.54. The van der Waals surface area contributed by atoms with Gasteiger partial charge in [0.25, 0.3) is 0 Å². The molecule has 0 saturated heterocycles. The Morgan fingerprint density at radius 1 is 1.33 bits per heavy atom. The number of benzene rings is 1. The van der Waals surface area contributed by atoms with Crippen molar-refractivity contribution in [2.45, 2.75) is 17.7 Å². The van der Waals surface area contributed by atoms with Gasteiger partial charge in [0.2, 0.25) is 0 Å². The first-order valence-electron chi connectivity index (χ1n) is 6.08. The Morgan fingerprint density at radius 3 is 2.57 bits per heavy atom. The minimum absolute atomic E-state index is 0.0478. The molecule has 6 nitrogen and oxygen atoms in total. The van der Waals surface area contributed by atoms with Crippen molar-refractivity contribution in [3.8, 4) is 0 Å². The van der Waals surface area contributed by atoms with Crippen LogP contribution in [-0.2, 0) is 21.1 Å². The van der Waals surface area contributed by atoms with Crippen LogP contribution in [0.3, 0.4) is 0 Å². The van der Waals surface area contributed by atoms with Crippen molar-refractivity contribution in [2.24, 2.45) is 0 Å². The lowest BCUT2D eigenvalue weighted by Gasteiger charge is -2.03. The molecule has 0 fully saturated rings. The molecule has 2 N–H and O–H groups in total. The fraction of sp³-hybridized carbons (Fsp3) is 0.231. The van der Waals surface area contributed by atoms with Crippen molar-refractivity contribution in [2.75, 3.05) is 11.6 Å². The molecule has 2 aromatic rings. The highest BCUT2D eigenvalue weighted by atomic mass is 32.2. The standard InChI is InChI=1S/C13H14N2O4S2/c1-21(18,19)11-5-2-9(3-6-11)14-13-15-10(8-20-13)4-7-12(16)17/h2-3,5-6,8H,4,7H2,1H3,(H,14,15)(H,16,17). The van der Waals surface area contributed by atoms with Gasteiger partial charge in [0.1, 0.15) is 0 Å². The summed E-state index contributed by atoms with van der Waals surface area (Å²) in [7, 11) is -3.20. The van der Waals surface area contributed by atoms with E-state index in [0.29, 0.717) is 11.6 Å². The number of nitrogens with one attached hydrogen (secondary N) is 1. The molecule has 0 unspecified atom stereocenters. The van der Waals surface area contributed by atoms with Gasteiger partial charge < -0.3 is 10.4 Å². The van der Waals surface area contributed by atoms with E-state index in [9.17, 15) is 13.2 Å². The lowest BCUT2D eigenvalue weighted by molar-refractivity contribution is -0.136. The van der Waals surface area contributed by atoms with Gasteiger partial charge in [0.15, 0.2) is 15.0 Å². The van der Waals surface area contributed by atoms with Crippen molar-refractivity contribution in [1.82, 2.24) is 4.98 Å². The first-order valence-corrected chi connectivity index (χ1v) is 8.85. The minimum atomic E-state index is -3.20. The Hall–Kier alpha value is -1.93. The lowest BCUT2D eigenvalue weighted by atomic mass is 10.2. The topological polar surface area (TPSA) is 96.4 Å². The maximum atomic E-state index is 11.4. The highest BCUT2D eigenvalue weighted by Crippen LogP contribution is 2.22. The summed E-state index contributed by atoms with van der Waals surface area (Å²) in [5.41, 5.74) is 1.44. The monoisotopic (exact) mass is 326 g/mol. The average molecular weight is 326 g/mol. The summed E-state index contributed by atoms with van der Waals surface area (Å²) in [6, 6.07) is 6.37. The SMILES string of the molecule is CS(=O)(=O)c1ccc(Nc2nc(CCC(=O)O)cs2)cc1. The molecular weight excluding hydrogens is 312 g/mol. The zero-order chi connectivity index (χ0) is 15.5. The van der Waals surface area contributed by atoms with Crippen LogP contribution in [0.2, 0.25) is 0 Å². The Balaban J connectivity index is 2.03. The fourth-order valence-electron chi connectivity index (χ4n) is 1.62. The quantitative estimate of drug-likeness (QED) is 0.845. The van der Waals surface area contributed by atoms with Crippen LogP contribution in [0.4, 0.5) is 10.8 Å². The first-order chi connectivity index (χ1) is 9.84. The minimum Gasteiger partial charge on any atom is -0.481 e. The van der Waals surface area contributed by atoms with E-state index < -0.39 is 15.8 Å². The van der Waals surface area contributed by atoms with Crippen LogP contribution >= 0.6 is 11.3 Å². The molecule has 0 bridgehead atoms. The number of thiazole rings is 1. The molecule has 0 saturated carbocycles. The normalized spacial score (nSPS) is 11.3. The molecule has 1 heterocycles. The first kappa shape index (κ1) is 15.5. The van der Waals surface area contributed by atoms with Gasteiger partial charge in [-0.05, 0) is 24.3 Å². The Labute approximate surface area is 126 Å². The number of anilines is 2. The largest absolute Gasteiger partial charge is 0.481 e. The molecule has 1 aromatic carbocycles. The van der Waals surface area contributed by atoms with E-state index in [2.05, 4.69) is 10.3 Å². The summed E-state index contributed by atoms with van der Waals surface area (Å²) in [6.45, 7) is 0. The van der Waals surface area contributed by atoms with Gasteiger partial charge in [-0.1, -0.05) is 0 Å². The van der Waals surface area contributed by atoms with Gasteiger partial charge >= 0.3 is 5.97 Å². The van der Waals surface area contributed by atoms with Crippen LogP contribution in [0, 0.1) is 0 Å². The number of aromatic nitrogens is 1. The second-order valence-corrected chi connectivity index (χ2v) is 7.33. The summed E-state index contributed by atoms with van der Waals surface area (Å²) < 4.78 is 22.7. The van der Waals surface area contributed by atoms with Gasteiger partial charge in [0.05, 0.1) is 17.0 Å². The third-order valence-electron chi connectivity index (χ3n) is 2.68. The number of carboxylic acid groups (broad SMARTS) is 1. The second-order valence-electron chi connectivity index (χ2n) is 4.46. The Bertz CT molecular complexity index is 736. The smallest absolute Gasteiger partial charge is 0.303 e.